The number of hydrogen-bond acceptors (Lipinski definition) is 1. The minimum Gasteiger partial charge on any atom is -0.325 e. The Morgan fingerprint density at radius 3 is 1.88 bits per heavy atom. The molecule has 0 aliphatic rings. The van der Waals surface area contributed by atoms with Crippen molar-refractivity contribution in [3.63, 3.8) is 0 Å². The minimum atomic E-state index is 0.0967. The lowest BCUT2D eigenvalue weighted by atomic mass is 9.76. The normalized spacial score (nSPS) is 14.1. The molecule has 0 spiro atoms. The van der Waals surface area contributed by atoms with Crippen molar-refractivity contribution in [2.45, 2.75) is 91.0 Å². The lowest BCUT2D eigenvalue weighted by Gasteiger charge is -2.36. The Bertz CT molecular complexity index is 150. The van der Waals surface area contributed by atoms with E-state index in [2.05, 4.69) is 27.7 Å². The zero-order valence-electron chi connectivity index (χ0n) is 12.0. The number of hydrogen-bond donors (Lipinski definition) is 1. The number of unbranched alkanes of at least 4 members (excludes halogenated alkanes) is 4. The Morgan fingerprint density at radius 2 is 1.44 bits per heavy atom. The Morgan fingerprint density at radius 1 is 0.875 bits per heavy atom. The summed E-state index contributed by atoms with van der Waals surface area (Å²) in [5, 5.41) is 0. The van der Waals surface area contributed by atoms with Gasteiger partial charge < -0.3 is 5.73 Å². The van der Waals surface area contributed by atoms with E-state index in [9.17, 15) is 0 Å². The molecular weight excluding hydrogens is 194 g/mol. The van der Waals surface area contributed by atoms with Gasteiger partial charge in [0.2, 0.25) is 0 Å². The lowest BCUT2D eigenvalue weighted by Crippen LogP contribution is -2.45. The van der Waals surface area contributed by atoms with Crippen molar-refractivity contribution in [2.75, 3.05) is 0 Å². The third-order valence-corrected chi connectivity index (χ3v) is 4.28. The fraction of sp³-hybridized carbons (Fsp3) is 1.00. The Kier molecular flexibility index (Phi) is 9.02. The predicted molar refractivity (Wildman–Crippen MR) is 74.7 cm³/mol. The number of rotatable bonds is 10. The van der Waals surface area contributed by atoms with Gasteiger partial charge in [0.1, 0.15) is 0 Å². The molecule has 1 unspecified atom stereocenters. The molecule has 0 aliphatic heterocycles. The maximum atomic E-state index is 6.49. The van der Waals surface area contributed by atoms with Crippen molar-refractivity contribution in [2.24, 2.45) is 11.7 Å². The fourth-order valence-electron chi connectivity index (χ4n) is 2.72. The molecule has 1 nitrogen and oxygen atoms in total. The molecule has 0 aliphatic carbocycles. The van der Waals surface area contributed by atoms with E-state index in [0.29, 0.717) is 0 Å². The third-order valence-electron chi connectivity index (χ3n) is 4.28. The molecule has 98 valence electrons. The summed E-state index contributed by atoms with van der Waals surface area (Å²) in [6, 6.07) is 0. The van der Waals surface area contributed by atoms with Gasteiger partial charge in [-0.15, -0.1) is 0 Å². The second kappa shape index (κ2) is 9.04. The molecule has 0 saturated carbocycles. The maximum Gasteiger partial charge on any atom is 0.0177 e. The molecule has 0 fully saturated rings. The highest BCUT2D eigenvalue weighted by Gasteiger charge is 2.29. The van der Waals surface area contributed by atoms with Gasteiger partial charge in [-0.05, 0) is 25.2 Å². The van der Waals surface area contributed by atoms with Crippen LogP contribution in [0.15, 0.2) is 0 Å². The van der Waals surface area contributed by atoms with Crippen molar-refractivity contribution < 1.29 is 0 Å². The zero-order chi connectivity index (χ0) is 12.4. The molecule has 0 saturated heterocycles. The second-order valence-corrected chi connectivity index (χ2v) is 5.25. The van der Waals surface area contributed by atoms with Crippen LogP contribution in [0.3, 0.4) is 0 Å². The van der Waals surface area contributed by atoms with E-state index >= 15 is 0 Å². The van der Waals surface area contributed by atoms with Gasteiger partial charge in [-0.25, -0.2) is 0 Å². The smallest absolute Gasteiger partial charge is 0.0177 e. The highest BCUT2D eigenvalue weighted by molar-refractivity contribution is 4.88. The summed E-state index contributed by atoms with van der Waals surface area (Å²) < 4.78 is 0. The Labute approximate surface area is 103 Å². The highest BCUT2D eigenvalue weighted by atomic mass is 14.7. The molecule has 0 bridgehead atoms. The SMILES string of the molecule is CCCCCCCC(CC)C(N)(CC)CC. The number of nitrogens with two attached hydrogens (primary N) is 1. The molecule has 1 atom stereocenters. The van der Waals surface area contributed by atoms with E-state index in [1.165, 1.54) is 44.9 Å². The summed E-state index contributed by atoms with van der Waals surface area (Å²) in [6.07, 6.45) is 11.7. The van der Waals surface area contributed by atoms with Crippen LogP contribution in [0.4, 0.5) is 0 Å². The van der Waals surface area contributed by atoms with Crippen LogP contribution < -0.4 is 5.73 Å². The van der Waals surface area contributed by atoms with Gasteiger partial charge in [-0.1, -0.05) is 66.2 Å². The van der Waals surface area contributed by atoms with Gasteiger partial charge in [0, 0.05) is 5.54 Å². The van der Waals surface area contributed by atoms with Crippen molar-refractivity contribution in [1.82, 2.24) is 0 Å². The molecule has 0 aromatic heterocycles. The van der Waals surface area contributed by atoms with Crippen molar-refractivity contribution in [3.05, 3.63) is 0 Å². The topological polar surface area (TPSA) is 26.0 Å². The first-order valence-electron chi connectivity index (χ1n) is 7.43. The molecule has 0 heterocycles. The van der Waals surface area contributed by atoms with Crippen LogP contribution in [0.5, 0.6) is 0 Å². The predicted octanol–water partition coefficient (Wildman–Crippen LogP) is 4.89. The van der Waals surface area contributed by atoms with Gasteiger partial charge >= 0.3 is 0 Å². The van der Waals surface area contributed by atoms with Crippen LogP contribution in [0.1, 0.15) is 85.5 Å². The molecular formula is C15H33N. The van der Waals surface area contributed by atoms with E-state index < -0.39 is 0 Å². The first-order valence-corrected chi connectivity index (χ1v) is 7.43. The molecule has 0 aromatic carbocycles. The Balaban J connectivity index is 3.90. The van der Waals surface area contributed by atoms with Crippen LogP contribution in [0.2, 0.25) is 0 Å². The molecule has 0 rings (SSSR count). The van der Waals surface area contributed by atoms with Crippen molar-refractivity contribution in [1.29, 1.82) is 0 Å². The van der Waals surface area contributed by atoms with Crippen LogP contribution in [-0.2, 0) is 0 Å². The molecule has 0 amide bonds. The second-order valence-electron chi connectivity index (χ2n) is 5.25. The molecule has 1 heteroatoms. The Hall–Kier alpha value is -0.0400. The fourth-order valence-corrected chi connectivity index (χ4v) is 2.72. The summed E-state index contributed by atoms with van der Waals surface area (Å²) in [4.78, 5) is 0. The lowest BCUT2D eigenvalue weighted by molar-refractivity contribution is 0.225. The van der Waals surface area contributed by atoms with Crippen LogP contribution >= 0.6 is 0 Å². The summed E-state index contributed by atoms with van der Waals surface area (Å²) >= 11 is 0. The first-order chi connectivity index (χ1) is 7.64. The molecule has 2 N–H and O–H groups in total. The van der Waals surface area contributed by atoms with Gasteiger partial charge in [-0.3, -0.25) is 0 Å². The largest absolute Gasteiger partial charge is 0.325 e. The standard InChI is InChI=1S/C15H33N/c1-5-9-10-11-12-13-14(6-2)15(16,7-3)8-4/h14H,5-13,16H2,1-4H3. The zero-order valence-corrected chi connectivity index (χ0v) is 12.0. The summed E-state index contributed by atoms with van der Waals surface area (Å²) in [6.45, 7) is 9.05. The van der Waals surface area contributed by atoms with Gasteiger partial charge in [-0.2, -0.15) is 0 Å². The van der Waals surface area contributed by atoms with Crippen molar-refractivity contribution in [3.8, 4) is 0 Å². The summed E-state index contributed by atoms with van der Waals surface area (Å²) in [5.74, 6) is 0.726. The highest BCUT2D eigenvalue weighted by Crippen LogP contribution is 2.29. The van der Waals surface area contributed by atoms with E-state index in [0.717, 1.165) is 18.8 Å². The van der Waals surface area contributed by atoms with Gasteiger partial charge in [0.05, 0.1) is 0 Å². The monoisotopic (exact) mass is 227 g/mol. The van der Waals surface area contributed by atoms with Crippen LogP contribution in [0.25, 0.3) is 0 Å². The van der Waals surface area contributed by atoms with E-state index in [1.54, 1.807) is 0 Å². The van der Waals surface area contributed by atoms with Crippen LogP contribution in [-0.4, -0.2) is 5.54 Å². The van der Waals surface area contributed by atoms with Gasteiger partial charge in [0.15, 0.2) is 0 Å². The van der Waals surface area contributed by atoms with E-state index in [-0.39, 0.29) is 5.54 Å². The van der Waals surface area contributed by atoms with Gasteiger partial charge in [0.25, 0.3) is 0 Å². The van der Waals surface area contributed by atoms with E-state index in [1.807, 2.05) is 0 Å². The first kappa shape index (κ1) is 16.0. The molecule has 16 heavy (non-hydrogen) atoms. The summed E-state index contributed by atoms with van der Waals surface area (Å²) in [7, 11) is 0. The quantitative estimate of drug-likeness (QED) is 0.528. The van der Waals surface area contributed by atoms with Crippen molar-refractivity contribution >= 4 is 0 Å². The molecule has 0 radical (unpaired) electrons. The van der Waals surface area contributed by atoms with Crippen LogP contribution in [0, 0.1) is 5.92 Å². The molecule has 0 aromatic rings. The average molecular weight is 227 g/mol. The third kappa shape index (κ3) is 5.34. The summed E-state index contributed by atoms with van der Waals surface area (Å²) in [5.41, 5.74) is 6.59. The minimum absolute atomic E-state index is 0.0967. The maximum absolute atomic E-state index is 6.49. The average Bonchev–Trinajstić information content (AvgIpc) is 2.33. The van der Waals surface area contributed by atoms with E-state index in [4.69, 9.17) is 5.73 Å².